The molecule has 1 fully saturated rings. The van der Waals surface area contributed by atoms with Crippen LogP contribution in [0.1, 0.15) is 26.3 Å². The first-order valence-corrected chi connectivity index (χ1v) is 11.6. The van der Waals surface area contributed by atoms with Gasteiger partial charge < -0.3 is 15.1 Å². The van der Waals surface area contributed by atoms with Gasteiger partial charge in [-0.05, 0) is 66.6 Å². The number of nitrogens with one attached hydrogen (secondary N) is 1. The Morgan fingerprint density at radius 3 is 1.94 bits per heavy atom. The lowest BCUT2D eigenvalue weighted by Crippen LogP contribution is -2.47. The maximum absolute atomic E-state index is 12.7. The number of halogens is 1. The highest BCUT2D eigenvalue weighted by Crippen LogP contribution is 2.22. The van der Waals surface area contributed by atoms with Crippen LogP contribution in [0.4, 0.5) is 0 Å². The molecule has 1 heterocycles. The Bertz CT molecular complexity index is 1090. The van der Waals surface area contributed by atoms with Crippen molar-refractivity contribution in [1.29, 1.82) is 0 Å². The average molecular weight is 462 g/mol. The molecule has 0 aliphatic carbocycles. The van der Waals surface area contributed by atoms with Gasteiger partial charge in [-0.15, -0.1) is 0 Å². The molecule has 0 unspecified atom stereocenters. The van der Waals surface area contributed by atoms with Gasteiger partial charge in [0.05, 0.1) is 0 Å². The Labute approximate surface area is 200 Å². The summed E-state index contributed by atoms with van der Waals surface area (Å²) in [7, 11) is 2.08. The molecule has 1 N–H and O–H groups in total. The summed E-state index contributed by atoms with van der Waals surface area (Å²) in [6.07, 6.45) is 0.706. The molecule has 0 atom stereocenters. The maximum Gasteiger partial charge on any atom is 0.253 e. The fraction of sp³-hybridized carbons (Fsp3) is 0.259. The summed E-state index contributed by atoms with van der Waals surface area (Å²) in [6.45, 7) is 3.89. The van der Waals surface area contributed by atoms with Crippen LogP contribution in [0.5, 0.6) is 0 Å². The Kier molecular flexibility index (Phi) is 7.43. The fourth-order valence-corrected chi connectivity index (χ4v) is 4.01. The quantitative estimate of drug-likeness (QED) is 0.593. The molecular weight excluding hydrogens is 434 g/mol. The largest absolute Gasteiger partial charge is 0.352 e. The molecule has 0 radical (unpaired) electrons. The highest BCUT2D eigenvalue weighted by Gasteiger charge is 2.20. The van der Waals surface area contributed by atoms with Crippen molar-refractivity contribution >= 4 is 23.4 Å². The Morgan fingerprint density at radius 1 is 0.788 bits per heavy atom. The van der Waals surface area contributed by atoms with Crippen molar-refractivity contribution in [1.82, 2.24) is 15.1 Å². The van der Waals surface area contributed by atoms with E-state index in [-0.39, 0.29) is 11.8 Å². The average Bonchev–Trinajstić information content (AvgIpc) is 2.85. The summed E-state index contributed by atoms with van der Waals surface area (Å²) < 4.78 is 0. The van der Waals surface area contributed by atoms with Crippen LogP contribution in [0.2, 0.25) is 5.02 Å². The third-order valence-corrected chi connectivity index (χ3v) is 6.27. The number of hydrogen-bond donors (Lipinski definition) is 1. The first-order chi connectivity index (χ1) is 16.0. The summed E-state index contributed by atoms with van der Waals surface area (Å²) in [4.78, 5) is 29.3. The second-order valence-corrected chi connectivity index (χ2v) is 8.82. The van der Waals surface area contributed by atoms with Crippen LogP contribution in [0.15, 0.2) is 72.8 Å². The van der Waals surface area contributed by atoms with E-state index >= 15 is 0 Å². The molecule has 170 valence electrons. The van der Waals surface area contributed by atoms with Gasteiger partial charge in [0.25, 0.3) is 11.8 Å². The molecule has 0 spiro atoms. The number of piperazine rings is 1. The molecule has 0 aromatic heterocycles. The van der Waals surface area contributed by atoms with Gasteiger partial charge >= 0.3 is 0 Å². The van der Waals surface area contributed by atoms with Gasteiger partial charge in [-0.25, -0.2) is 0 Å². The first kappa shape index (κ1) is 23.0. The lowest BCUT2D eigenvalue weighted by Gasteiger charge is -2.32. The zero-order valence-electron chi connectivity index (χ0n) is 18.8. The van der Waals surface area contributed by atoms with Crippen molar-refractivity contribution in [2.75, 3.05) is 39.8 Å². The van der Waals surface area contributed by atoms with E-state index in [0.29, 0.717) is 29.1 Å². The van der Waals surface area contributed by atoms with Crippen LogP contribution >= 0.6 is 11.6 Å². The van der Waals surface area contributed by atoms with E-state index < -0.39 is 0 Å². The molecule has 1 saturated heterocycles. The van der Waals surface area contributed by atoms with E-state index in [1.165, 1.54) is 0 Å². The van der Waals surface area contributed by atoms with Gasteiger partial charge in [0, 0.05) is 48.9 Å². The Morgan fingerprint density at radius 2 is 1.33 bits per heavy atom. The van der Waals surface area contributed by atoms with Gasteiger partial charge in [-0.1, -0.05) is 48.0 Å². The van der Waals surface area contributed by atoms with Crippen molar-refractivity contribution in [3.05, 3.63) is 94.5 Å². The maximum atomic E-state index is 12.7. The highest BCUT2D eigenvalue weighted by atomic mass is 35.5. The number of nitrogens with zero attached hydrogens (tertiary/aromatic N) is 2. The van der Waals surface area contributed by atoms with Gasteiger partial charge in [-0.2, -0.15) is 0 Å². The van der Waals surface area contributed by atoms with Gasteiger partial charge in [0.2, 0.25) is 0 Å². The molecular formula is C27H28ClN3O2. The minimum atomic E-state index is -0.0977. The van der Waals surface area contributed by atoms with E-state index in [2.05, 4.69) is 17.3 Å². The molecule has 5 nitrogen and oxygen atoms in total. The molecule has 0 saturated carbocycles. The van der Waals surface area contributed by atoms with Gasteiger partial charge in [0.1, 0.15) is 0 Å². The zero-order valence-corrected chi connectivity index (χ0v) is 19.5. The minimum absolute atomic E-state index is 0.0880. The number of amides is 2. The van der Waals surface area contributed by atoms with Crippen LogP contribution in [0, 0.1) is 0 Å². The summed E-state index contributed by atoms with van der Waals surface area (Å²) in [5, 5.41) is 3.67. The molecule has 4 rings (SSSR count). The topological polar surface area (TPSA) is 52.6 Å². The van der Waals surface area contributed by atoms with E-state index in [0.717, 1.165) is 42.9 Å². The van der Waals surface area contributed by atoms with Crippen LogP contribution in [-0.4, -0.2) is 61.4 Å². The zero-order chi connectivity index (χ0) is 23.2. The predicted octanol–water partition coefficient (Wildman–Crippen LogP) is 4.37. The summed E-state index contributed by atoms with van der Waals surface area (Å²) >= 11 is 5.95. The van der Waals surface area contributed by atoms with Crippen molar-refractivity contribution in [2.24, 2.45) is 0 Å². The van der Waals surface area contributed by atoms with Crippen LogP contribution in [-0.2, 0) is 6.42 Å². The molecule has 2 amide bonds. The SMILES string of the molecule is CN1CCN(C(=O)c2ccc(CCNC(=O)c3ccc(-c4ccc(Cl)cc4)cc3)cc2)CC1. The molecule has 6 heteroatoms. The smallest absolute Gasteiger partial charge is 0.253 e. The number of benzene rings is 3. The second kappa shape index (κ2) is 10.6. The lowest BCUT2D eigenvalue weighted by atomic mass is 10.0. The molecule has 1 aliphatic rings. The molecule has 3 aromatic carbocycles. The van der Waals surface area contributed by atoms with E-state index in [1.807, 2.05) is 77.7 Å². The number of carbonyl (C=O) groups is 2. The normalized spacial score (nSPS) is 14.2. The van der Waals surface area contributed by atoms with Crippen molar-refractivity contribution < 1.29 is 9.59 Å². The van der Waals surface area contributed by atoms with Crippen LogP contribution in [0.3, 0.4) is 0 Å². The van der Waals surface area contributed by atoms with Crippen molar-refractivity contribution in [2.45, 2.75) is 6.42 Å². The summed E-state index contributed by atoms with van der Waals surface area (Å²) in [5.74, 6) is -0.00970. The molecule has 1 aliphatic heterocycles. The number of rotatable bonds is 6. The van der Waals surface area contributed by atoms with Crippen molar-refractivity contribution in [3.63, 3.8) is 0 Å². The fourth-order valence-electron chi connectivity index (χ4n) is 3.88. The van der Waals surface area contributed by atoms with E-state index in [4.69, 9.17) is 11.6 Å². The van der Waals surface area contributed by atoms with Crippen LogP contribution in [0.25, 0.3) is 11.1 Å². The standard InChI is InChI=1S/C27H28ClN3O2/c1-30-16-18-31(19-17-30)27(33)24-4-2-20(3-5-24)14-15-29-26(32)23-8-6-21(7-9-23)22-10-12-25(28)13-11-22/h2-13H,14-19H2,1H3,(H,29,32). The third kappa shape index (κ3) is 6.01. The predicted molar refractivity (Wildman–Crippen MR) is 133 cm³/mol. The van der Waals surface area contributed by atoms with E-state index in [1.54, 1.807) is 0 Å². The third-order valence-electron chi connectivity index (χ3n) is 6.02. The number of likely N-dealkylation sites (N-methyl/N-ethyl adjacent to an activating group) is 1. The lowest BCUT2D eigenvalue weighted by molar-refractivity contribution is 0.0664. The summed E-state index contributed by atoms with van der Waals surface area (Å²) in [6, 6.07) is 22.9. The van der Waals surface area contributed by atoms with E-state index in [9.17, 15) is 9.59 Å². The first-order valence-electron chi connectivity index (χ1n) is 11.2. The van der Waals surface area contributed by atoms with Crippen molar-refractivity contribution in [3.8, 4) is 11.1 Å². The molecule has 3 aromatic rings. The van der Waals surface area contributed by atoms with Gasteiger partial charge in [-0.3, -0.25) is 9.59 Å². The Hall–Kier alpha value is -3.15. The highest BCUT2D eigenvalue weighted by molar-refractivity contribution is 6.30. The number of carbonyl (C=O) groups excluding carboxylic acids is 2. The summed E-state index contributed by atoms with van der Waals surface area (Å²) in [5.41, 5.74) is 4.52. The van der Waals surface area contributed by atoms with Crippen LogP contribution < -0.4 is 5.32 Å². The monoisotopic (exact) mass is 461 g/mol. The minimum Gasteiger partial charge on any atom is -0.352 e. The molecule has 33 heavy (non-hydrogen) atoms. The molecule has 0 bridgehead atoms. The second-order valence-electron chi connectivity index (χ2n) is 8.38. The Balaban J connectivity index is 1.26. The number of hydrogen-bond acceptors (Lipinski definition) is 3. The van der Waals surface area contributed by atoms with Gasteiger partial charge in [0.15, 0.2) is 0 Å².